The number of aromatic nitrogens is 1. The Balaban J connectivity index is 3.29. The molecule has 0 radical (unpaired) electrons. The first-order valence-electron chi connectivity index (χ1n) is 3.51. The number of nitrogens with two attached hydrogens (primary N) is 1. The number of hydrogen-bond donors (Lipinski definition) is 2. The molecule has 0 aliphatic carbocycles. The Bertz CT molecular complexity index is 271. The molecule has 0 atom stereocenters. The van der Waals surface area contributed by atoms with Crippen LogP contribution in [0.4, 0.5) is 0 Å². The van der Waals surface area contributed by atoms with E-state index in [1.165, 1.54) is 0 Å². The molecule has 60 valence electrons. The quantitative estimate of drug-likeness (QED) is 0.627. The number of nitrogens with zero attached hydrogens (tertiary/aromatic N) is 1. The Morgan fingerprint density at radius 3 is 2.64 bits per heavy atom. The summed E-state index contributed by atoms with van der Waals surface area (Å²) in [5.41, 5.74) is 8.28. The van der Waals surface area contributed by atoms with Crippen molar-refractivity contribution < 1.29 is 5.11 Å². The zero-order valence-electron chi connectivity index (χ0n) is 6.76. The second-order valence-electron chi connectivity index (χ2n) is 2.57. The van der Waals surface area contributed by atoms with Crippen LogP contribution in [0.3, 0.4) is 0 Å². The fourth-order valence-corrected chi connectivity index (χ4v) is 1.08. The van der Waals surface area contributed by atoms with E-state index in [0.29, 0.717) is 6.54 Å². The van der Waals surface area contributed by atoms with E-state index in [9.17, 15) is 5.11 Å². The van der Waals surface area contributed by atoms with E-state index >= 15 is 0 Å². The molecule has 0 fully saturated rings. The highest BCUT2D eigenvalue weighted by atomic mass is 16.3. The molecule has 0 spiro atoms. The van der Waals surface area contributed by atoms with Crippen LogP contribution in [0.1, 0.15) is 16.7 Å². The average molecular weight is 152 g/mol. The lowest BCUT2D eigenvalue weighted by atomic mass is 10.1. The molecule has 1 rings (SSSR count). The van der Waals surface area contributed by atoms with Crippen LogP contribution >= 0.6 is 0 Å². The zero-order valence-corrected chi connectivity index (χ0v) is 6.76. The molecule has 3 nitrogen and oxygen atoms in total. The van der Waals surface area contributed by atoms with Crippen LogP contribution < -0.4 is 5.73 Å². The van der Waals surface area contributed by atoms with Crippen molar-refractivity contribution in [1.29, 1.82) is 0 Å². The molecule has 0 unspecified atom stereocenters. The number of aromatic hydroxyl groups is 1. The normalized spacial score (nSPS) is 10.1. The molecule has 0 aromatic carbocycles. The second-order valence-corrected chi connectivity index (χ2v) is 2.57. The molecule has 0 aliphatic heterocycles. The van der Waals surface area contributed by atoms with Gasteiger partial charge >= 0.3 is 0 Å². The van der Waals surface area contributed by atoms with Crippen LogP contribution in [0.2, 0.25) is 0 Å². The van der Waals surface area contributed by atoms with Gasteiger partial charge in [0.1, 0.15) is 0 Å². The topological polar surface area (TPSA) is 59.1 Å². The molecular weight excluding hydrogens is 140 g/mol. The molecule has 0 saturated heterocycles. The first-order chi connectivity index (χ1) is 5.16. The summed E-state index contributed by atoms with van der Waals surface area (Å²) in [5, 5.41) is 9.19. The standard InChI is InChI=1S/C8H12N2O/c1-5-4-10-8(11)6(2)7(5)3-9/h4H,3,9H2,1-2H3,(H,10,11). The lowest BCUT2D eigenvalue weighted by molar-refractivity contribution is 0.447. The Morgan fingerprint density at radius 2 is 2.18 bits per heavy atom. The van der Waals surface area contributed by atoms with E-state index in [2.05, 4.69) is 4.98 Å². The molecule has 3 heteroatoms. The van der Waals surface area contributed by atoms with Gasteiger partial charge in [-0.05, 0) is 25.0 Å². The summed E-state index contributed by atoms with van der Waals surface area (Å²) in [6, 6.07) is 0. The minimum atomic E-state index is 0.0797. The van der Waals surface area contributed by atoms with Gasteiger partial charge in [-0.2, -0.15) is 0 Å². The van der Waals surface area contributed by atoms with Gasteiger partial charge in [-0.25, -0.2) is 4.98 Å². The summed E-state index contributed by atoms with van der Waals surface area (Å²) in [4.78, 5) is 3.79. The highest BCUT2D eigenvalue weighted by Crippen LogP contribution is 2.19. The minimum absolute atomic E-state index is 0.0797. The monoisotopic (exact) mass is 152 g/mol. The number of pyridine rings is 1. The lowest BCUT2D eigenvalue weighted by Gasteiger charge is -2.06. The van der Waals surface area contributed by atoms with Crippen molar-refractivity contribution in [1.82, 2.24) is 4.98 Å². The Hall–Kier alpha value is -1.09. The van der Waals surface area contributed by atoms with E-state index in [4.69, 9.17) is 5.73 Å². The molecule has 1 aromatic heterocycles. The fourth-order valence-electron chi connectivity index (χ4n) is 1.08. The van der Waals surface area contributed by atoms with Gasteiger partial charge in [0.25, 0.3) is 0 Å². The largest absolute Gasteiger partial charge is 0.493 e. The first-order valence-corrected chi connectivity index (χ1v) is 3.51. The number of hydrogen-bond acceptors (Lipinski definition) is 3. The van der Waals surface area contributed by atoms with Gasteiger partial charge in [0.05, 0.1) is 0 Å². The van der Waals surface area contributed by atoms with E-state index < -0.39 is 0 Å². The second kappa shape index (κ2) is 2.88. The van der Waals surface area contributed by atoms with Crippen LogP contribution in [-0.4, -0.2) is 10.1 Å². The third kappa shape index (κ3) is 1.33. The van der Waals surface area contributed by atoms with Crippen LogP contribution in [0.25, 0.3) is 0 Å². The minimum Gasteiger partial charge on any atom is -0.493 e. The Kier molecular flexibility index (Phi) is 2.10. The first kappa shape index (κ1) is 8.01. The maximum Gasteiger partial charge on any atom is 0.214 e. The van der Waals surface area contributed by atoms with Crippen molar-refractivity contribution in [3.63, 3.8) is 0 Å². The van der Waals surface area contributed by atoms with Gasteiger partial charge in [0.2, 0.25) is 5.88 Å². The van der Waals surface area contributed by atoms with Gasteiger partial charge < -0.3 is 10.8 Å². The maximum atomic E-state index is 9.19. The summed E-state index contributed by atoms with van der Waals surface area (Å²) in [6.07, 6.45) is 1.63. The molecular formula is C8H12N2O. The van der Waals surface area contributed by atoms with Crippen molar-refractivity contribution in [3.8, 4) is 5.88 Å². The highest BCUT2D eigenvalue weighted by Gasteiger charge is 2.04. The van der Waals surface area contributed by atoms with Gasteiger partial charge in [0, 0.05) is 18.3 Å². The number of rotatable bonds is 1. The van der Waals surface area contributed by atoms with Gasteiger partial charge in [-0.1, -0.05) is 0 Å². The van der Waals surface area contributed by atoms with E-state index in [-0.39, 0.29) is 5.88 Å². The van der Waals surface area contributed by atoms with Crippen LogP contribution in [0.15, 0.2) is 6.20 Å². The molecule has 11 heavy (non-hydrogen) atoms. The summed E-state index contributed by atoms with van der Waals surface area (Å²) >= 11 is 0. The van der Waals surface area contributed by atoms with Crippen LogP contribution in [0, 0.1) is 13.8 Å². The third-order valence-corrected chi connectivity index (χ3v) is 1.85. The molecule has 0 bridgehead atoms. The van der Waals surface area contributed by atoms with Crippen LogP contribution in [0.5, 0.6) is 5.88 Å². The smallest absolute Gasteiger partial charge is 0.214 e. The highest BCUT2D eigenvalue weighted by molar-refractivity contribution is 5.37. The number of aryl methyl sites for hydroxylation is 1. The Labute approximate surface area is 65.9 Å². The molecule has 0 amide bonds. The zero-order chi connectivity index (χ0) is 8.43. The average Bonchev–Trinajstić information content (AvgIpc) is 1.99. The Morgan fingerprint density at radius 1 is 1.55 bits per heavy atom. The van der Waals surface area contributed by atoms with Crippen molar-refractivity contribution in [2.24, 2.45) is 5.73 Å². The van der Waals surface area contributed by atoms with Crippen molar-refractivity contribution in [2.75, 3.05) is 0 Å². The van der Waals surface area contributed by atoms with Crippen molar-refractivity contribution >= 4 is 0 Å². The third-order valence-electron chi connectivity index (χ3n) is 1.85. The summed E-state index contributed by atoms with van der Waals surface area (Å²) in [5.74, 6) is 0.0797. The summed E-state index contributed by atoms with van der Waals surface area (Å²) in [7, 11) is 0. The van der Waals surface area contributed by atoms with Gasteiger partial charge in [-0.15, -0.1) is 0 Å². The van der Waals surface area contributed by atoms with Gasteiger partial charge in [-0.3, -0.25) is 0 Å². The van der Waals surface area contributed by atoms with Gasteiger partial charge in [0.15, 0.2) is 0 Å². The van der Waals surface area contributed by atoms with Crippen molar-refractivity contribution in [2.45, 2.75) is 20.4 Å². The predicted octanol–water partition coefficient (Wildman–Crippen LogP) is 0.863. The van der Waals surface area contributed by atoms with E-state index in [0.717, 1.165) is 16.7 Å². The van der Waals surface area contributed by atoms with E-state index in [1.54, 1.807) is 6.20 Å². The fraction of sp³-hybridized carbons (Fsp3) is 0.375. The van der Waals surface area contributed by atoms with Crippen molar-refractivity contribution in [3.05, 3.63) is 22.9 Å². The van der Waals surface area contributed by atoms with E-state index in [1.807, 2.05) is 13.8 Å². The molecule has 1 heterocycles. The summed E-state index contributed by atoms with van der Waals surface area (Å²) < 4.78 is 0. The SMILES string of the molecule is Cc1cnc(O)c(C)c1CN. The summed E-state index contributed by atoms with van der Waals surface area (Å²) in [6.45, 7) is 4.20. The molecule has 3 N–H and O–H groups in total. The van der Waals surface area contributed by atoms with Crippen LogP contribution in [-0.2, 0) is 6.54 Å². The lowest BCUT2D eigenvalue weighted by Crippen LogP contribution is -2.02. The predicted molar refractivity (Wildman–Crippen MR) is 43.3 cm³/mol. The molecule has 0 saturated carbocycles. The maximum absolute atomic E-state index is 9.19. The molecule has 0 aliphatic rings. The molecule has 1 aromatic rings.